The van der Waals surface area contributed by atoms with Gasteiger partial charge in [0.15, 0.2) is 0 Å². The quantitative estimate of drug-likeness (QED) is 0.596. The number of hydrogen-bond donors (Lipinski definition) is 0. The van der Waals surface area contributed by atoms with Crippen molar-refractivity contribution in [3.8, 4) is 16.9 Å². The summed E-state index contributed by atoms with van der Waals surface area (Å²) in [5, 5.41) is 2.59. The predicted octanol–water partition coefficient (Wildman–Crippen LogP) is 5.24. The fourth-order valence-corrected chi connectivity index (χ4v) is 2.58. The number of benzene rings is 3. The van der Waals surface area contributed by atoms with Gasteiger partial charge in [-0.15, -0.1) is 0 Å². The van der Waals surface area contributed by atoms with Gasteiger partial charge in [-0.1, -0.05) is 49.4 Å². The third kappa shape index (κ3) is 2.55. The molecule has 0 fully saturated rings. The fourth-order valence-electron chi connectivity index (χ4n) is 2.42. The van der Waals surface area contributed by atoms with Crippen molar-refractivity contribution >= 4 is 20.2 Å². The van der Waals surface area contributed by atoms with Gasteiger partial charge in [-0.25, -0.2) is 0 Å². The molecule has 0 radical (unpaired) electrons. The van der Waals surface area contributed by atoms with E-state index in [1.807, 2.05) is 12.1 Å². The van der Waals surface area contributed by atoms with Crippen LogP contribution in [0.1, 0.15) is 12.5 Å². The van der Waals surface area contributed by atoms with E-state index in [2.05, 4.69) is 64.9 Å². The first-order valence-electron chi connectivity index (χ1n) is 6.80. The van der Waals surface area contributed by atoms with Gasteiger partial charge in [-0.2, -0.15) is 0 Å². The lowest BCUT2D eigenvalue weighted by molar-refractivity contribution is 0.646. The van der Waals surface area contributed by atoms with E-state index in [1.165, 1.54) is 27.5 Å². The van der Waals surface area contributed by atoms with Crippen molar-refractivity contribution < 1.29 is 4.52 Å². The van der Waals surface area contributed by atoms with Crippen LogP contribution in [0.2, 0.25) is 0 Å². The summed E-state index contributed by atoms with van der Waals surface area (Å²) in [4.78, 5) is 0. The van der Waals surface area contributed by atoms with Gasteiger partial charge in [-0.3, -0.25) is 0 Å². The molecule has 0 spiro atoms. The smallest absolute Gasteiger partial charge is 0.122 e. The van der Waals surface area contributed by atoms with Crippen molar-refractivity contribution in [3.05, 3.63) is 66.2 Å². The molecule has 20 heavy (non-hydrogen) atoms. The maximum absolute atomic E-state index is 5.12. The lowest BCUT2D eigenvalue weighted by Crippen LogP contribution is -1.83. The molecule has 1 atom stereocenters. The fraction of sp³-hybridized carbons (Fsp3) is 0.111. The van der Waals surface area contributed by atoms with Gasteiger partial charge in [0.1, 0.15) is 5.75 Å². The standard InChI is InChI=1S/C18H17OP/c1-2-13-3-4-17-12-16(6-5-15(17)11-13)14-7-9-18(19-20)10-8-14/h3-12H,2,20H2,1H3. The summed E-state index contributed by atoms with van der Waals surface area (Å²) in [6.45, 7) is 2.19. The zero-order valence-corrected chi connectivity index (χ0v) is 12.6. The minimum absolute atomic E-state index is 0.854. The molecule has 3 aromatic carbocycles. The Morgan fingerprint density at radius 1 is 0.800 bits per heavy atom. The minimum Gasteiger partial charge on any atom is -0.480 e. The first kappa shape index (κ1) is 13.1. The zero-order chi connectivity index (χ0) is 13.9. The molecule has 100 valence electrons. The highest BCUT2D eigenvalue weighted by molar-refractivity contribution is 7.10. The van der Waals surface area contributed by atoms with Crippen LogP contribution < -0.4 is 4.52 Å². The summed E-state index contributed by atoms with van der Waals surface area (Å²) in [7, 11) is 2.27. The molecule has 0 bridgehead atoms. The van der Waals surface area contributed by atoms with Crippen molar-refractivity contribution in [1.82, 2.24) is 0 Å². The van der Waals surface area contributed by atoms with Crippen LogP contribution in [0.5, 0.6) is 5.75 Å². The summed E-state index contributed by atoms with van der Waals surface area (Å²) >= 11 is 0. The Hall–Kier alpha value is -1.85. The Bertz CT molecular complexity index is 732. The van der Waals surface area contributed by atoms with E-state index in [4.69, 9.17) is 4.52 Å². The van der Waals surface area contributed by atoms with Crippen molar-refractivity contribution in [2.75, 3.05) is 0 Å². The number of fused-ring (bicyclic) bond motifs is 1. The monoisotopic (exact) mass is 280 g/mol. The second-order valence-corrected chi connectivity index (χ2v) is 5.13. The molecule has 3 aromatic rings. The third-order valence-electron chi connectivity index (χ3n) is 3.64. The molecule has 0 heterocycles. The Labute approximate surface area is 121 Å². The Kier molecular flexibility index (Phi) is 3.71. The molecule has 0 N–H and O–H groups in total. The van der Waals surface area contributed by atoms with Crippen LogP contribution in [0.25, 0.3) is 21.9 Å². The van der Waals surface area contributed by atoms with Crippen LogP contribution in [-0.4, -0.2) is 0 Å². The van der Waals surface area contributed by atoms with E-state index >= 15 is 0 Å². The topological polar surface area (TPSA) is 9.23 Å². The number of rotatable bonds is 3. The second kappa shape index (κ2) is 5.64. The van der Waals surface area contributed by atoms with Crippen LogP contribution in [0, 0.1) is 0 Å². The molecule has 1 nitrogen and oxygen atoms in total. The molecule has 0 aromatic heterocycles. The van der Waals surface area contributed by atoms with E-state index in [1.54, 1.807) is 0 Å². The number of aryl methyl sites for hydroxylation is 1. The Balaban J connectivity index is 2.03. The van der Waals surface area contributed by atoms with Gasteiger partial charge >= 0.3 is 0 Å². The summed E-state index contributed by atoms with van der Waals surface area (Å²) in [5.41, 5.74) is 3.82. The molecule has 0 amide bonds. The highest BCUT2D eigenvalue weighted by Crippen LogP contribution is 2.27. The van der Waals surface area contributed by atoms with Crippen LogP contribution in [0.15, 0.2) is 60.7 Å². The van der Waals surface area contributed by atoms with Gasteiger partial charge in [-0.05, 0) is 52.1 Å². The lowest BCUT2D eigenvalue weighted by atomic mass is 9.99. The first-order valence-corrected chi connectivity index (χ1v) is 7.27. The second-order valence-electron chi connectivity index (χ2n) is 4.89. The first-order chi connectivity index (χ1) is 9.80. The third-order valence-corrected chi connectivity index (χ3v) is 3.91. The molecular formula is C18H17OP. The predicted molar refractivity (Wildman–Crippen MR) is 89.1 cm³/mol. The molecular weight excluding hydrogens is 263 g/mol. The molecule has 3 rings (SSSR count). The molecule has 0 aliphatic rings. The molecule has 1 unspecified atom stereocenters. The van der Waals surface area contributed by atoms with E-state index in [0.717, 1.165) is 12.2 Å². The SMILES string of the molecule is CCc1ccc2cc(-c3ccc(OP)cc3)ccc2c1. The molecule has 0 saturated heterocycles. The summed E-state index contributed by atoms with van der Waals surface area (Å²) < 4.78 is 5.12. The molecule has 0 aliphatic heterocycles. The van der Waals surface area contributed by atoms with Gasteiger partial charge < -0.3 is 4.52 Å². The lowest BCUT2D eigenvalue weighted by Gasteiger charge is -2.06. The van der Waals surface area contributed by atoms with Crippen LogP contribution in [-0.2, 0) is 6.42 Å². The largest absolute Gasteiger partial charge is 0.480 e. The van der Waals surface area contributed by atoms with Crippen LogP contribution in [0.3, 0.4) is 0 Å². The summed E-state index contributed by atoms with van der Waals surface area (Å²) in [6.07, 6.45) is 1.08. The van der Waals surface area contributed by atoms with Crippen molar-refractivity contribution in [2.45, 2.75) is 13.3 Å². The van der Waals surface area contributed by atoms with E-state index < -0.39 is 0 Å². The Morgan fingerprint density at radius 3 is 2.15 bits per heavy atom. The molecule has 2 heteroatoms. The maximum atomic E-state index is 5.12. The minimum atomic E-state index is 0.854. The van der Waals surface area contributed by atoms with Crippen molar-refractivity contribution in [1.29, 1.82) is 0 Å². The number of hydrogen-bond acceptors (Lipinski definition) is 1. The maximum Gasteiger partial charge on any atom is 0.122 e. The normalized spacial score (nSPS) is 10.7. The van der Waals surface area contributed by atoms with Crippen LogP contribution in [0.4, 0.5) is 0 Å². The highest BCUT2D eigenvalue weighted by Gasteiger charge is 2.01. The van der Waals surface area contributed by atoms with E-state index in [-0.39, 0.29) is 0 Å². The zero-order valence-electron chi connectivity index (χ0n) is 11.5. The average Bonchev–Trinajstić information content (AvgIpc) is 2.54. The summed E-state index contributed by atoms with van der Waals surface area (Å²) in [5.74, 6) is 0.854. The van der Waals surface area contributed by atoms with Gasteiger partial charge in [0, 0.05) is 0 Å². The van der Waals surface area contributed by atoms with Gasteiger partial charge in [0.05, 0.1) is 9.47 Å². The van der Waals surface area contributed by atoms with Crippen LogP contribution >= 0.6 is 9.47 Å². The van der Waals surface area contributed by atoms with Gasteiger partial charge in [0.2, 0.25) is 0 Å². The molecule has 0 aliphatic carbocycles. The average molecular weight is 280 g/mol. The summed E-state index contributed by atoms with van der Waals surface area (Å²) in [6, 6.07) is 21.4. The Morgan fingerprint density at radius 2 is 1.45 bits per heavy atom. The van der Waals surface area contributed by atoms with Gasteiger partial charge in [0.25, 0.3) is 0 Å². The molecule has 0 saturated carbocycles. The highest BCUT2D eigenvalue weighted by atomic mass is 31.0. The van der Waals surface area contributed by atoms with E-state index in [9.17, 15) is 0 Å². The van der Waals surface area contributed by atoms with Crippen molar-refractivity contribution in [3.63, 3.8) is 0 Å². The van der Waals surface area contributed by atoms with E-state index in [0.29, 0.717) is 0 Å². The van der Waals surface area contributed by atoms with Crippen molar-refractivity contribution in [2.24, 2.45) is 0 Å².